The van der Waals surface area contributed by atoms with Crippen LogP contribution in [0.2, 0.25) is 0 Å². The molecule has 2 heteroatoms. The van der Waals surface area contributed by atoms with Crippen LogP contribution in [0.4, 0.5) is 0 Å². The minimum Gasteiger partial charge on any atom is -0.317 e. The SMILES string of the molecule is CCCC(CCCSC)CNCC. The van der Waals surface area contributed by atoms with E-state index >= 15 is 0 Å². The molecule has 13 heavy (non-hydrogen) atoms. The Hall–Kier alpha value is 0.310. The molecule has 0 aliphatic heterocycles. The second-order valence-corrected chi connectivity index (χ2v) is 4.58. The van der Waals surface area contributed by atoms with E-state index < -0.39 is 0 Å². The molecule has 1 atom stereocenters. The third-order valence-corrected chi connectivity index (χ3v) is 3.04. The summed E-state index contributed by atoms with van der Waals surface area (Å²) < 4.78 is 0. The van der Waals surface area contributed by atoms with E-state index in [2.05, 4.69) is 25.4 Å². The van der Waals surface area contributed by atoms with E-state index in [0.29, 0.717) is 0 Å². The lowest BCUT2D eigenvalue weighted by Gasteiger charge is -2.15. The molecule has 1 N–H and O–H groups in total. The topological polar surface area (TPSA) is 12.0 Å². The number of hydrogen-bond donors (Lipinski definition) is 1. The summed E-state index contributed by atoms with van der Waals surface area (Å²) in [5.41, 5.74) is 0. The van der Waals surface area contributed by atoms with Crippen LogP contribution in [0.15, 0.2) is 0 Å². The Bertz CT molecular complexity index is 96.1. The molecule has 0 radical (unpaired) electrons. The highest BCUT2D eigenvalue weighted by Gasteiger charge is 2.05. The van der Waals surface area contributed by atoms with Gasteiger partial charge in [-0.15, -0.1) is 0 Å². The van der Waals surface area contributed by atoms with E-state index in [1.165, 1.54) is 38.0 Å². The fourth-order valence-corrected chi connectivity index (χ4v) is 2.08. The van der Waals surface area contributed by atoms with Crippen molar-refractivity contribution >= 4 is 11.8 Å². The van der Waals surface area contributed by atoms with Gasteiger partial charge in [-0.3, -0.25) is 0 Å². The molecule has 1 nitrogen and oxygen atoms in total. The summed E-state index contributed by atoms with van der Waals surface area (Å²) in [7, 11) is 0. The smallest absolute Gasteiger partial charge is 0.00206 e. The molecule has 0 aliphatic rings. The molecule has 0 aromatic rings. The second kappa shape index (κ2) is 10.4. The first kappa shape index (κ1) is 13.3. The second-order valence-electron chi connectivity index (χ2n) is 3.60. The number of hydrogen-bond acceptors (Lipinski definition) is 2. The maximum Gasteiger partial charge on any atom is -0.00206 e. The van der Waals surface area contributed by atoms with E-state index in [1.807, 2.05) is 11.8 Å². The monoisotopic (exact) mass is 203 g/mol. The van der Waals surface area contributed by atoms with Crippen LogP contribution in [0, 0.1) is 5.92 Å². The van der Waals surface area contributed by atoms with Crippen molar-refractivity contribution in [1.29, 1.82) is 0 Å². The third-order valence-electron chi connectivity index (χ3n) is 2.34. The lowest BCUT2D eigenvalue weighted by molar-refractivity contribution is 0.416. The number of rotatable bonds is 9. The highest BCUT2D eigenvalue weighted by atomic mass is 32.2. The van der Waals surface area contributed by atoms with Gasteiger partial charge in [0.25, 0.3) is 0 Å². The number of nitrogens with one attached hydrogen (secondary N) is 1. The summed E-state index contributed by atoms with van der Waals surface area (Å²) in [5, 5.41) is 3.45. The van der Waals surface area contributed by atoms with Crippen LogP contribution in [-0.4, -0.2) is 25.1 Å². The summed E-state index contributed by atoms with van der Waals surface area (Å²) in [6.07, 6.45) is 7.70. The van der Waals surface area contributed by atoms with Crippen molar-refractivity contribution in [2.24, 2.45) is 5.92 Å². The van der Waals surface area contributed by atoms with Crippen LogP contribution in [-0.2, 0) is 0 Å². The third kappa shape index (κ3) is 8.63. The Kier molecular flexibility index (Phi) is 10.6. The van der Waals surface area contributed by atoms with Crippen molar-refractivity contribution in [3.8, 4) is 0 Å². The fourth-order valence-electron chi connectivity index (χ4n) is 1.62. The molecule has 0 saturated heterocycles. The summed E-state index contributed by atoms with van der Waals surface area (Å²) in [4.78, 5) is 0. The zero-order valence-electron chi connectivity index (χ0n) is 9.44. The van der Waals surface area contributed by atoms with E-state index in [4.69, 9.17) is 0 Å². The first-order valence-corrected chi connectivity index (χ1v) is 6.94. The molecule has 0 aromatic carbocycles. The average molecular weight is 203 g/mol. The number of thioether (sulfide) groups is 1. The molecule has 1 unspecified atom stereocenters. The van der Waals surface area contributed by atoms with Crippen LogP contribution in [0.1, 0.15) is 39.5 Å². The molecule has 0 saturated carbocycles. The molecule has 0 aliphatic carbocycles. The van der Waals surface area contributed by atoms with Gasteiger partial charge in [-0.05, 0) is 50.3 Å². The maximum atomic E-state index is 3.45. The Morgan fingerprint density at radius 2 is 2.00 bits per heavy atom. The Labute approximate surface area is 88.1 Å². The lowest BCUT2D eigenvalue weighted by Crippen LogP contribution is -2.22. The van der Waals surface area contributed by atoms with Gasteiger partial charge in [-0.2, -0.15) is 11.8 Å². The van der Waals surface area contributed by atoms with Gasteiger partial charge in [-0.25, -0.2) is 0 Å². The van der Waals surface area contributed by atoms with Crippen LogP contribution in [0.3, 0.4) is 0 Å². The normalized spacial score (nSPS) is 13.2. The van der Waals surface area contributed by atoms with E-state index in [-0.39, 0.29) is 0 Å². The van der Waals surface area contributed by atoms with Crippen molar-refractivity contribution in [3.05, 3.63) is 0 Å². The van der Waals surface area contributed by atoms with Gasteiger partial charge in [-0.1, -0.05) is 20.3 Å². The van der Waals surface area contributed by atoms with Crippen LogP contribution >= 0.6 is 11.8 Å². The zero-order chi connectivity index (χ0) is 9.94. The zero-order valence-corrected chi connectivity index (χ0v) is 10.3. The van der Waals surface area contributed by atoms with E-state index in [9.17, 15) is 0 Å². The molecule has 0 rings (SSSR count). The van der Waals surface area contributed by atoms with Gasteiger partial charge in [0.1, 0.15) is 0 Å². The molecule has 0 aromatic heterocycles. The lowest BCUT2D eigenvalue weighted by atomic mass is 9.98. The molecule has 0 heterocycles. The minimum absolute atomic E-state index is 0.914. The average Bonchev–Trinajstić information content (AvgIpc) is 2.14. The maximum absolute atomic E-state index is 3.45. The van der Waals surface area contributed by atoms with Gasteiger partial charge >= 0.3 is 0 Å². The summed E-state index contributed by atoms with van der Waals surface area (Å²) in [6.45, 7) is 6.81. The summed E-state index contributed by atoms with van der Waals surface area (Å²) in [6, 6.07) is 0. The van der Waals surface area contributed by atoms with Gasteiger partial charge in [0, 0.05) is 0 Å². The van der Waals surface area contributed by atoms with Crippen molar-refractivity contribution < 1.29 is 0 Å². The van der Waals surface area contributed by atoms with Crippen molar-refractivity contribution in [1.82, 2.24) is 5.32 Å². The van der Waals surface area contributed by atoms with Crippen LogP contribution < -0.4 is 5.32 Å². The molecular weight excluding hydrogens is 178 g/mol. The minimum atomic E-state index is 0.914. The van der Waals surface area contributed by atoms with Crippen molar-refractivity contribution in [2.75, 3.05) is 25.1 Å². The van der Waals surface area contributed by atoms with Crippen LogP contribution in [0.5, 0.6) is 0 Å². The van der Waals surface area contributed by atoms with Gasteiger partial charge < -0.3 is 5.32 Å². The van der Waals surface area contributed by atoms with E-state index in [1.54, 1.807) is 0 Å². The Morgan fingerprint density at radius 1 is 1.23 bits per heavy atom. The van der Waals surface area contributed by atoms with E-state index in [0.717, 1.165) is 12.5 Å². The van der Waals surface area contributed by atoms with Crippen molar-refractivity contribution in [3.63, 3.8) is 0 Å². The first-order valence-electron chi connectivity index (χ1n) is 5.54. The highest BCUT2D eigenvalue weighted by Crippen LogP contribution is 2.14. The standard InChI is InChI=1S/C11H25NS/c1-4-7-11(10-12-5-2)8-6-9-13-3/h11-12H,4-10H2,1-3H3. The molecule has 0 spiro atoms. The summed E-state index contributed by atoms with van der Waals surface area (Å²) >= 11 is 1.97. The molecular formula is C11H25NS. The van der Waals surface area contributed by atoms with Crippen molar-refractivity contribution in [2.45, 2.75) is 39.5 Å². The molecule has 0 amide bonds. The van der Waals surface area contributed by atoms with Gasteiger partial charge in [0.2, 0.25) is 0 Å². The first-order chi connectivity index (χ1) is 6.35. The van der Waals surface area contributed by atoms with Crippen LogP contribution in [0.25, 0.3) is 0 Å². The largest absolute Gasteiger partial charge is 0.317 e. The van der Waals surface area contributed by atoms with Gasteiger partial charge in [0.15, 0.2) is 0 Å². The summed E-state index contributed by atoms with van der Waals surface area (Å²) in [5.74, 6) is 2.24. The predicted molar refractivity (Wildman–Crippen MR) is 64.6 cm³/mol. The molecule has 0 fully saturated rings. The molecule has 80 valence electrons. The Morgan fingerprint density at radius 3 is 2.54 bits per heavy atom. The van der Waals surface area contributed by atoms with Gasteiger partial charge in [0.05, 0.1) is 0 Å². The highest BCUT2D eigenvalue weighted by molar-refractivity contribution is 7.98. The Balaban J connectivity index is 3.41. The predicted octanol–water partition coefficient (Wildman–Crippen LogP) is 3.16. The quantitative estimate of drug-likeness (QED) is 0.578. The fraction of sp³-hybridized carbons (Fsp3) is 1.00. The molecule has 0 bridgehead atoms.